The smallest absolute Gasteiger partial charge is 0.146 e. The number of nitrogens with zero attached hydrogens (tertiary/aromatic N) is 1. The molecule has 1 aromatic heterocycles. The van der Waals surface area contributed by atoms with E-state index in [0.29, 0.717) is 33.0 Å². The molecule has 7 heteroatoms. The highest BCUT2D eigenvalue weighted by Gasteiger charge is 2.12. The first-order chi connectivity index (χ1) is 9.55. The molecule has 0 fully saturated rings. The van der Waals surface area contributed by atoms with Gasteiger partial charge in [-0.3, -0.25) is 0 Å². The number of aromatic nitrogens is 1. The maximum Gasteiger partial charge on any atom is 0.146 e. The highest BCUT2D eigenvalue weighted by molar-refractivity contribution is 9.10. The largest absolute Gasteiger partial charge is 0.495 e. The number of methoxy groups -OCH3 is 2. The first-order valence-corrected chi connectivity index (χ1v) is 7.09. The Balaban J connectivity index is 2.40. The summed E-state index contributed by atoms with van der Waals surface area (Å²) in [5.74, 6) is 1.74. The second-order valence-corrected chi connectivity index (χ2v) is 5.49. The minimum absolute atomic E-state index is 0.473. The molecule has 0 aliphatic heterocycles. The average Bonchev–Trinajstić information content (AvgIpc) is 2.42. The van der Waals surface area contributed by atoms with E-state index in [1.54, 1.807) is 38.6 Å². The summed E-state index contributed by atoms with van der Waals surface area (Å²) in [6, 6.07) is 5.16. The van der Waals surface area contributed by atoms with E-state index in [1.165, 1.54) is 0 Å². The maximum atomic E-state index is 6.12. The number of ether oxygens (including phenoxy) is 2. The minimum atomic E-state index is 0.473. The standard InChI is InChI=1S/C13H11BrCl2N2O2/c1-19-11-5-12(20-2)10(4-9(11)16)18-13-8(14)3-7(15)6-17-13/h3-6H,1-2H3,(H,17,18). The van der Waals surface area contributed by atoms with Crippen molar-refractivity contribution in [2.45, 2.75) is 0 Å². The SMILES string of the molecule is COc1cc(OC)c(Nc2ncc(Cl)cc2Br)cc1Cl. The molecular formula is C13H11BrCl2N2O2. The Morgan fingerprint density at radius 2 is 1.80 bits per heavy atom. The van der Waals surface area contributed by atoms with E-state index in [1.807, 2.05) is 0 Å². The molecule has 0 saturated carbocycles. The summed E-state index contributed by atoms with van der Waals surface area (Å²) in [6.07, 6.45) is 1.55. The van der Waals surface area contributed by atoms with Gasteiger partial charge in [0.15, 0.2) is 0 Å². The van der Waals surface area contributed by atoms with Gasteiger partial charge in [0.05, 0.1) is 34.4 Å². The molecule has 2 aromatic rings. The van der Waals surface area contributed by atoms with Crippen LogP contribution in [0, 0.1) is 0 Å². The average molecular weight is 378 g/mol. The van der Waals surface area contributed by atoms with Crippen LogP contribution in [0.5, 0.6) is 11.5 Å². The molecule has 1 aromatic carbocycles. The molecule has 0 atom stereocenters. The van der Waals surface area contributed by atoms with Crippen molar-refractivity contribution in [1.29, 1.82) is 0 Å². The number of pyridine rings is 1. The Labute approximate surface area is 135 Å². The van der Waals surface area contributed by atoms with E-state index in [0.717, 1.165) is 4.47 Å². The van der Waals surface area contributed by atoms with Crippen LogP contribution in [0.1, 0.15) is 0 Å². The lowest BCUT2D eigenvalue weighted by molar-refractivity contribution is 0.396. The van der Waals surface area contributed by atoms with Gasteiger partial charge in [0, 0.05) is 12.3 Å². The molecule has 0 saturated heterocycles. The van der Waals surface area contributed by atoms with Gasteiger partial charge in [0.25, 0.3) is 0 Å². The Hall–Kier alpha value is -1.17. The van der Waals surface area contributed by atoms with E-state index in [-0.39, 0.29) is 0 Å². The summed E-state index contributed by atoms with van der Waals surface area (Å²) >= 11 is 15.4. The number of rotatable bonds is 4. The minimum Gasteiger partial charge on any atom is -0.495 e. The van der Waals surface area contributed by atoms with Gasteiger partial charge in [-0.05, 0) is 28.1 Å². The number of hydrogen-bond acceptors (Lipinski definition) is 4. The van der Waals surface area contributed by atoms with Crippen molar-refractivity contribution in [3.8, 4) is 11.5 Å². The number of benzene rings is 1. The second-order valence-electron chi connectivity index (χ2n) is 3.80. The lowest BCUT2D eigenvalue weighted by Crippen LogP contribution is -1.98. The zero-order valence-corrected chi connectivity index (χ0v) is 13.8. The van der Waals surface area contributed by atoms with Gasteiger partial charge in [-0.1, -0.05) is 23.2 Å². The predicted molar refractivity (Wildman–Crippen MR) is 84.8 cm³/mol. The summed E-state index contributed by atoms with van der Waals surface area (Å²) < 4.78 is 11.2. The summed E-state index contributed by atoms with van der Waals surface area (Å²) in [5.41, 5.74) is 0.675. The highest BCUT2D eigenvalue weighted by Crippen LogP contribution is 2.38. The van der Waals surface area contributed by atoms with Crippen LogP contribution in [-0.4, -0.2) is 19.2 Å². The van der Waals surface area contributed by atoms with Gasteiger partial charge >= 0.3 is 0 Å². The molecule has 0 aliphatic carbocycles. The molecule has 1 N–H and O–H groups in total. The Kier molecular flexibility index (Phi) is 4.96. The molecule has 1 heterocycles. The van der Waals surface area contributed by atoms with Crippen LogP contribution < -0.4 is 14.8 Å². The number of halogens is 3. The quantitative estimate of drug-likeness (QED) is 0.821. The van der Waals surface area contributed by atoms with Crippen LogP contribution >= 0.6 is 39.1 Å². The van der Waals surface area contributed by atoms with Gasteiger partial charge in [0.2, 0.25) is 0 Å². The first-order valence-electron chi connectivity index (χ1n) is 5.54. The number of hydrogen-bond donors (Lipinski definition) is 1. The van der Waals surface area contributed by atoms with Crippen LogP contribution in [0.2, 0.25) is 10.0 Å². The number of anilines is 2. The van der Waals surface area contributed by atoms with Gasteiger partial charge < -0.3 is 14.8 Å². The van der Waals surface area contributed by atoms with Crippen molar-refractivity contribution in [1.82, 2.24) is 4.98 Å². The van der Waals surface area contributed by atoms with Crippen LogP contribution in [-0.2, 0) is 0 Å². The van der Waals surface area contributed by atoms with Gasteiger partial charge in [-0.2, -0.15) is 0 Å². The molecule has 0 bridgehead atoms. The third kappa shape index (κ3) is 3.29. The normalized spacial score (nSPS) is 10.2. The summed E-state index contributed by atoms with van der Waals surface area (Å²) in [7, 11) is 3.11. The number of nitrogens with one attached hydrogen (secondary N) is 1. The van der Waals surface area contributed by atoms with Crippen LogP contribution in [0.15, 0.2) is 28.9 Å². The summed E-state index contributed by atoms with van der Waals surface area (Å²) in [6.45, 7) is 0. The van der Waals surface area contributed by atoms with Crippen molar-refractivity contribution in [3.05, 3.63) is 38.9 Å². The maximum absolute atomic E-state index is 6.12. The third-order valence-electron chi connectivity index (χ3n) is 2.53. The lowest BCUT2D eigenvalue weighted by atomic mass is 10.2. The van der Waals surface area contributed by atoms with Crippen molar-refractivity contribution in [2.24, 2.45) is 0 Å². The monoisotopic (exact) mass is 376 g/mol. The van der Waals surface area contributed by atoms with Crippen molar-refractivity contribution >= 4 is 50.6 Å². The predicted octanol–water partition coefficient (Wildman–Crippen LogP) is 4.91. The molecule has 0 spiro atoms. The lowest BCUT2D eigenvalue weighted by Gasteiger charge is -2.14. The van der Waals surface area contributed by atoms with E-state index < -0.39 is 0 Å². The van der Waals surface area contributed by atoms with Crippen LogP contribution in [0.4, 0.5) is 11.5 Å². The third-order valence-corrected chi connectivity index (χ3v) is 3.64. The zero-order valence-electron chi connectivity index (χ0n) is 10.7. The topological polar surface area (TPSA) is 43.4 Å². The second kappa shape index (κ2) is 6.52. The van der Waals surface area contributed by atoms with E-state index in [9.17, 15) is 0 Å². The molecule has 0 amide bonds. The molecule has 20 heavy (non-hydrogen) atoms. The first kappa shape index (κ1) is 15.2. The van der Waals surface area contributed by atoms with E-state index in [4.69, 9.17) is 32.7 Å². The molecule has 0 aliphatic rings. The van der Waals surface area contributed by atoms with Gasteiger partial charge in [-0.25, -0.2) is 4.98 Å². The molecule has 4 nitrogen and oxygen atoms in total. The molecule has 0 radical (unpaired) electrons. The molecule has 2 rings (SSSR count). The Morgan fingerprint density at radius 1 is 1.10 bits per heavy atom. The van der Waals surface area contributed by atoms with Crippen LogP contribution in [0.25, 0.3) is 0 Å². The van der Waals surface area contributed by atoms with Crippen molar-refractivity contribution < 1.29 is 9.47 Å². The van der Waals surface area contributed by atoms with Gasteiger partial charge in [0.1, 0.15) is 17.3 Å². The molecular weight excluding hydrogens is 367 g/mol. The van der Waals surface area contributed by atoms with E-state index in [2.05, 4.69) is 26.2 Å². The van der Waals surface area contributed by atoms with Crippen molar-refractivity contribution in [2.75, 3.05) is 19.5 Å². The molecule has 0 unspecified atom stereocenters. The Bertz CT molecular complexity index is 638. The van der Waals surface area contributed by atoms with E-state index >= 15 is 0 Å². The molecule has 106 valence electrons. The fourth-order valence-electron chi connectivity index (χ4n) is 1.59. The van der Waals surface area contributed by atoms with Crippen LogP contribution in [0.3, 0.4) is 0 Å². The fourth-order valence-corrected chi connectivity index (χ4v) is 2.57. The fraction of sp³-hybridized carbons (Fsp3) is 0.154. The summed E-state index contributed by atoms with van der Waals surface area (Å²) in [5, 5.41) is 4.15. The Morgan fingerprint density at radius 3 is 2.40 bits per heavy atom. The summed E-state index contributed by atoms with van der Waals surface area (Å²) in [4.78, 5) is 4.20. The zero-order chi connectivity index (χ0) is 14.7. The van der Waals surface area contributed by atoms with Crippen molar-refractivity contribution in [3.63, 3.8) is 0 Å². The highest BCUT2D eigenvalue weighted by atomic mass is 79.9. The van der Waals surface area contributed by atoms with Gasteiger partial charge in [-0.15, -0.1) is 0 Å².